The minimum atomic E-state index is -0.0208. The van der Waals surface area contributed by atoms with Gasteiger partial charge in [-0.05, 0) is 35.2 Å². The maximum absolute atomic E-state index is 12.2. The number of methoxy groups -OCH3 is 1. The van der Waals surface area contributed by atoms with Crippen LogP contribution in [0.4, 0.5) is 0 Å². The van der Waals surface area contributed by atoms with E-state index in [1.165, 1.54) is 5.56 Å². The van der Waals surface area contributed by atoms with Gasteiger partial charge in [-0.1, -0.05) is 36.4 Å². The van der Waals surface area contributed by atoms with Crippen LogP contribution in [0.15, 0.2) is 48.5 Å². The van der Waals surface area contributed by atoms with Gasteiger partial charge in [-0.15, -0.1) is 0 Å². The zero-order chi connectivity index (χ0) is 13.2. The molecule has 0 aromatic heterocycles. The molecule has 0 amide bonds. The van der Waals surface area contributed by atoms with Gasteiger partial charge in [-0.25, -0.2) is 0 Å². The number of carbonyl (C=O) groups excluding carboxylic acids is 1. The van der Waals surface area contributed by atoms with Gasteiger partial charge in [0.25, 0.3) is 0 Å². The molecule has 2 nitrogen and oxygen atoms in total. The lowest BCUT2D eigenvalue weighted by molar-refractivity contribution is -0.119. The van der Waals surface area contributed by atoms with Crippen molar-refractivity contribution in [3.63, 3.8) is 0 Å². The van der Waals surface area contributed by atoms with Crippen molar-refractivity contribution >= 4 is 5.78 Å². The number of ether oxygens (including phenoxy) is 1. The first kappa shape index (κ1) is 12.0. The van der Waals surface area contributed by atoms with Gasteiger partial charge in [-0.3, -0.25) is 4.79 Å². The second-order valence-electron chi connectivity index (χ2n) is 4.95. The topological polar surface area (TPSA) is 26.3 Å². The molecule has 96 valence electrons. The number of hydrogen-bond acceptors (Lipinski definition) is 2. The van der Waals surface area contributed by atoms with Crippen LogP contribution in [-0.4, -0.2) is 12.9 Å². The molecule has 2 aromatic carbocycles. The third-order valence-electron chi connectivity index (χ3n) is 3.76. The Morgan fingerprint density at radius 2 is 1.95 bits per heavy atom. The van der Waals surface area contributed by atoms with Crippen molar-refractivity contribution in [3.8, 4) is 5.75 Å². The van der Waals surface area contributed by atoms with Gasteiger partial charge in [0.2, 0.25) is 0 Å². The van der Waals surface area contributed by atoms with Crippen molar-refractivity contribution < 1.29 is 9.53 Å². The van der Waals surface area contributed by atoms with E-state index in [9.17, 15) is 4.79 Å². The summed E-state index contributed by atoms with van der Waals surface area (Å²) in [6, 6.07) is 16.1. The summed E-state index contributed by atoms with van der Waals surface area (Å²) in [5.74, 6) is 1.12. The van der Waals surface area contributed by atoms with E-state index in [4.69, 9.17) is 4.74 Å². The smallest absolute Gasteiger partial charge is 0.145 e. The second kappa shape index (κ2) is 4.88. The fraction of sp³-hybridized carbons (Fsp3) is 0.235. The molecule has 3 rings (SSSR count). The normalized spacial score (nSPS) is 17.3. The molecule has 0 fully saturated rings. The fourth-order valence-electron chi connectivity index (χ4n) is 2.74. The summed E-state index contributed by atoms with van der Waals surface area (Å²) in [6.07, 6.45) is 1.33. The molecule has 0 radical (unpaired) electrons. The van der Waals surface area contributed by atoms with Gasteiger partial charge in [0.1, 0.15) is 11.5 Å². The third kappa shape index (κ3) is 2.26. The minimum absolute atomic E-state index is 0.0208. The zero-order valence-electron chi connectivity index (χ0n) is 10.9. The van der Waals surface area contributed by atoms with E-state index in [0.717, 1.165) is 23.3 Å². The average molecular weight is 252 g/mol. The molecule has 1 atom stereocenters. The standard InChI is InChI=1S/C17H16O2/c1-19-14-8-7-13-10-17(18)16(15(13)11-14)9-12-5-3-2-4-6-12/h2-8,11,16H,9-10H2,1H3. The molecule has 0 N–H and O–H groups in total. The highest BCUT2D eigenvalue weighted by Gasteiger charge is 2.30. The maximum atomic E-state index is 12.2. The van der Waals surface area contributed by atoms with Crippen LogP contribution in [0.2, 0.25) is 0 Å². The van der Waals surface area contributed by atoms with E-state index >= 15 is 0 Å². The molecule has 1 aliphatic carbocycles. The summed E-state index contributed by atoms with van der Waals surface area (Å²) in [5.41, 5.74) is 3.48. The molecule has 19 heavy (non-hydrogen) atoms. The first-order valence-corrected chi connectivity index (χ1v) is 6.51. The lowest BCUT2D eigenvalue weighted by Crippen LogP contribution is -2.09. The van der Waals surface area contributed by atoms with Crippen molar-refractivity contribution in [2.45, 2.75) is 18.8 Å². The van der Waals surface area contributed by atoms with Gasteiger partial charge in [0.05, 0.1) is 7.11 Å². The van der Waals surface area contributed by atoms with Crippen molar-refractivity contribution in [2.24, 2.45) is 0 Å². The number of carbonyl (C=O) groups is 1. The van der Waals surface area contributed by atoms with E-state index in [-0.39, 0.29) is 5.92 Å². The fourth-order valence-corrected chi connectivity index (χ4v) is 2.74. The molecule has 0 saturated carbocycles. The summed E-state index contributed by atoms with van der Waals surface area (Å²) >= 11 is 0. The molecule has 2 aromatic rings. The van der Waals surface area contributed by atoms with Gasteiger partial charge in [0, 0.05) is 12.3 Å². The molecule has 1 aliphatic rings. The third-order valence-corrected chi connectivity index (χ3v) is 3.76. The molecule has 0 spiro atoms. The van der Waals surface area contributed by atoms with Crippen molar-refractivity contribution in [3.05, 3.63) is 65.2 Å². The quantitative estimate of drug-likeness (QED) is 0.838. The van der Waals surface area contributed by atoms with Crippen LogP contribution in [0, 0.1) is 0 Å². The molecule has 0 heterocycles. The number of hydrogen-bond donors (Lipinski definition) is 0. The monoisotopic (exact) mass is 252 g/mol. The SMILES string of the molecule is COc1ccc2c(c1)C(Cc1ccccc1)C(=O)C2. The lowest BCUT2D eigenvalue weighted by Gasteiger charge is -2.11. The van der Waals surface area contributed by atoms with Crippen LogP contribution >= 0.6 is 0 Å². The van der Waals surface area contributed by atoms with Crippen molar-refractivity contribution in [1.82, 2.24) is 0 Å². The number of Topliss-reactive ketones (excluding diaryl/α,β-unsaturated/α-hetero) is 1. The molecular formula is C17H16O2. The van der Waals surface area contributed by atoms with Crippen molar-refractivity contribution in [1.29, 1.82) is 0 Å². The number of ketones is 1. The maximum Gasteiger partial charge on any atom is 0.145 e. The van der Waals surface area contributed by atoms with Gasteiger partial charge >= 0.3 is 0 Å². The Bertz CT molecular complexity index is 602. The summed E-state index contributed by atoms with van der Waals surface area (Å²) in [4.78, 5) is 12.2. The van der Waals surface area contributed by atoms with E-state index in [1.54, 1.807) is 7.11 Å². The summed E-state index contributed by atoms with van der Waals surface area (Å²) < 4.78 is 5.26. The molecule has 0 saturated heterocycles. The second-order valence-corrected chi connectivity index (χ2v) is 4.95. The molecule has 2 heteroatoms. The predicted molar refractivity (Wildman–Crippen MR) is 74.6 cm³/mol. The van der Waals surface area contributed by atoms with E-state index in [2.05, 4.69) is 12.1 Å². The first-order chi connectivity index (χ1) is 9.28. The summed E-state index contributed by atoms with van der Waals surface area (Å²) in [5, 5.41) is 0. The van der Waals surface area contributed by atoms with E-state index < -0.39 is 0 Å². The zero-order valence-corrected chi connectivity index (χ0v) is 10.9. The van der Waals surface area contributed by atoms with Crippen LogP contribution in [0.1, 0.15) is 22.6 Å². The Kier molecular flexibility index (Phi) is 3.08. The number of fused-ring (bicyclic) bond motifs is 1. The van der Waals surface area contributed by atoms with E-state index in [0.29, 0.717) is 12.2 Å². The highest BCUT2D eigenvalue weighted by atomic mass is 16.5. The number of benzene rings is 2. The highest BCUT2D eigenvalue weighted by Crippen LogP contribution is 2.35. The Balaban J connectivity index is 1.93. The Hall–Kier alpha value is -2.09. The van der Waals surface area contributed by atoms with Crippen LogP contribution < -0.4 is 4.74 Å². The van der Waals surface area contributed by atoms with Gasteiger partial charge < -0.3 is 4.74 Å². The summed E-state index contributed by atoms with van der Waals surface area (Å²) in [6.45, 7) is 0. The average Bonchev–Trinajstić information content (AvgIpc) is 2.76. The molecule has 1 unspecified atom stereocenters. The predicted octanol–water partition coefficient (Wildman–Crippen LogP) is 3.15. The van der Waals surface area contributed by atoms with Crippen LogP contribution in [0.5, 0.6) is 5.75 Å². The Labute approximate surface area is 113 Å². The molecule has 0 bridgehead atoms. The van der Waals surface area contributed by atoms with Crippen LogP contribution in [-0.2, 0) is 17.6 Å². The molecule has 0 aliphatic heterocycles. The highest BCUT2D eigenvalue weighted by molar-refractivity contribution is 5.93. The van der Waals surface area contributed by atoms with Crippen molar-refractivity contribution in [2.75, 3.05) is 7.11 Å². The lowest BCUT2D eigenvalue weighted by atomic mass is 9.93. The first-order valence-electron chi connectivity index (χ1n) is 6.51. The van der Waals surface area contributed by atoms with E-state index in [1.807, 2.05) is 36.4 Å². The summed E-state index contributed by atoms with van der Waals surface area (Å²) in [7, 11) is 1.66. The van der Waals surface area contributed by atoms with Crippen LogP contribution in [0.3, 0.4) is 0 Å². The van der Waals surface area contributed by atoms with Gasteiger partial charge in [0.15, 0.2) is 0 Å². The van der Waals surface area contributed by atoms with Gasteiger partial charge in [-0.2, -0.15) is 0 Å². The minimum Gasteiger partial charge on any atom is -0.497 e. The Morgan fingerprint density at radius 3 is 2.68 bits per heavy atom. The number of rotatable bonds is 3. The largest absolute Gasteiger partial charge is 0.497 e. The molecular weight excluding hydrogens is 236 g/mol. The van der Waals surface area contributed by atoms with Crippen LogP contribution in [0.25, 0.3) is 0 Å². The Morgan fingerprint density at radius 1 is 1.16 bits per heavy atom.